The van der Waals surface area contributed by atoms with Gasteiger partial charge < -0.3 is 9.84 Å². The van der Waals surface area contributed by atoms with Crippen LogP contribution < -0.4 is 4.74 Å². The van der Waals surface area contributed by atoms with Crippen molar-refractivity contribution in [2.24, 2.45) is 0 Å². The minimum absolute atomic E-state index is 0.257. The molecule has 0 saturated carbocycles. The summed E-state index contributed by atoms with van der Waals surface area (Å²) >= 11 is 11.5. The van der Waals surface area contributed by atoms with Gasteiger partial charge in [-0.15, -0.1) is 0 Å². The molecule has 4 heteroatoms. The third kappa shape index (κ3) is 3.74. The van der Waals surface area contributed by atoms with Crippen molar-refractivity contribution < 1.29 is 9.84 Å². The number of hydrogen-bond acceptors (Lipinski definition) is 2. The van der Waals surface area contributed by atoms with Crippen LogP contribution in [0.3, 0.4) is 0 Å². The fourth-order valence-corrected chi connectivity index (χ4v) is 1.43. The maximum Gasteiger partial charge on any atom is 0.122 e. The molecule has 0 spiro atoms. The molecule has 78 valence electrons. The molecule has 0 fully saturated rings. The number of ether oxygens (including phenoxy) is 1. The van der Waals surface area contributed by atoms with Gasteiger partial charge in [-0.1, -0.05) is 30.1 Å². The summed E-state index contributed by atoms with van der Waals surface area (Å²) in [6.07, 6.45) is 0.210. The highest BCUT2D eigenvalue weighted by Gasteiger charge is 2.03. The lowest BCUT2D eigenvalue weighted by molar-refractivity contribution is 0.104. The molecule has 1 aromatic carbocycles. The summed E-state index contributed by atoms with van der Waals surface area (Å²) in [6.45, 7) is 2.14. The Morgan fingerprint density at radius 2 is 1.86 bits per heavy atom. The van der Waals surface area contributed by atoms with E-state index in [1.807, 2.05) is 6.92 Å². The predicted octanol–water partition coefficient (Wildman–Crippen LogP) is 3.14. The van der Waals surface area contributed by atoms with E-state index in [9.17, 15) is 5.11 Å². The summed E-state index contributed by atoms with van der Waals surface area (Å²) in [5.74, 6) is 0.579. The first-order valence-electron chi connectivity index (χ1n) is 4.38. The first kappa shape index (κ1) is 11.6. The molecular formula is C10H12Cl2O2. The van der Waals surface area contributed by atoms with E-state index in [-0.39, 0.29) is 6.61 Å². The van der Waals surface area contributed by atoms with Gasteiger partial charge in [0, 0.05) is 10.0 Å². The second-order valence-electron chi connectivity index (χ2n) is 2.98. The highest BCUT2D eigenvalue weighted by Crippen LogP contribution is 2.24. The molecule has 1 N–H and O–H groups in total. The third-order valence-electron chi connectivity index (χ3n) is 1.75. The summed E-state index contributed by atoms with van der Waals surface area (Å²) in [7, 11) is 0. The van der Waals surface area contributed by atoms with Gasteiger partial charge in [-0.3, -0.25) is 0 Å². The molecule has 1 rings (SSSR count). The van der Waals surface area contributed by atoms with Crippen LogP contribution in [0.25, 0.3) is 0 Å². The van der Waals surface area contributed by atoms with Crippen LogP contribution in [-0.4, -0.2) is 17.8 Å². The van der Waals surface area contributed by atoms with Gasteiger partial charge in [-0.2, -0.15) is 0 Å². The average molecular weight is 235 g/mol. The van der Waals surface area contributed by atoms with Crippen molar-refractivity contribution in [3.63, 3.8) is 0 Å². The molecule has 0 aliphatic rings. The van der Waals surface area contributed by atoms with E-state index in [0.29, 0.717) is 22.2 Å². The molecule has 0 aliphatic heterocycles. The lowest BCUT2D eigenvalue weighted by Crippen LogP contribution is -2.15. The Labute approximate surface area is 93.4 Å². The van der Waals surface area contributed by atoms with Crippen LogP contribution in [-0.2, 0) is 0 Å². The molecule has 1 atom stereocenters. The summed E-state index contributed by atoms with van der Waals surface area (Å²) < 4.78 is 5.30. The van der Waals surface area contributed by atoms with Crippen molar-refractivity contribution in [1.29, 1.82) is 0 Å². The first-order chi connectivity index (χ1) is 6.61. The van der Waals surface area contributed by atoms with Gasteiger partial charge in [0.05, 0.1) is 6.10 Å². The minimum atomic E-state index is -0.451. The molecular weight excluding hydrogens is 223 g/mol. The number of aliphatic hydroxyl groups is 1. The Kier molecular flexibility index (Phi) is 4.52. The monoisotopic (exact) mass is 234 g/mol. The summed E-state index contributed by atoms with van der Waals surface area (Å²) in [5.41, 5.74) is 0. The number of hydrogen-bond donors (Lipinski definition) is 1. The van der Waals surface area contributed by atoms with Crippen LogP contribution in [0.5, 0.6) is 5.75 Å². The third-order valence-corrected chi connectivity index (χ3v) is 2.19. The average Bonchev–Trinajstić information content (AvgIpc) is 2.12. The van der Waals surface area contributed by atoms with Crippen molar-refractivity contribution in [3.8, 4) is 5.75 Å². The minimum Gasteiger partial charge on any atom is -0.491 e. The number of benzene rings is 1. The first-order valence-corrected chi connectivity index (χ1v) is 5.14. The zero-order valence-electron chi connectivity index (χ0n) is 7.84. The van der Waals surface area contributed by atoms with Gasteiger partial charge >= 0.3 is 0 Å². The fourth-order valence-electron chi connectivity index (χ4n) is 0.922. The van der Waals surface area contributed by atoms with Gasteiger partial charge in [0.15, 0.2) is 0 Å². The summed E-state index contributed by atoms with van der Waals surface area (Å²) in [5, 5.41) is 10.3. The quantitative estimate of drug-likeness (QED) is 0.868. The molecule has 0 bridgehead atoms. The highest BCUT2D eigenvalue weighted by molar-refractivity contribution is 6.34. The van der Waals surface area contributed by atoms with Crippen LogP contribution in [0, 0.1) is 0 Å². The lowest BCUT2D eigenvalue weighted by Gasteiger charge is -2.10. The molecule has 0 radical (unpaired) electrons. The van der Waals surface area contributed by atoms with Crippen molar-refractivity contribution in [2.75, 3.05) is 6.61 Å². The van der Waals surface area contributed by atoms with E-state index in [4.69, 9.17) is 27.9 Å². The Morgan fingerprint density at radius 3 is 2.36 bits per heavy atom. The topological polar surface area (TPSA) is 29.5 Å². The number of halogens is 2. The highest BCUT2D eigenvalue weighted by atomic mass is 35.5. The maximum atomic E-state index is 9.27. The smallest absolute Gasteiger partial charge is 0.122 e. The molecule has 2 nitrogen and oxygen atoms in total. The standard InChI is InChI=1S/C10H12Cl2O2/c1-2-9(13)6-14-10-4-7(11)3-8(12)5-10/h3-5,9,13H,2,6H2,1H3. The van der Waals surface area contributed by atoms with Gasteiger partial charge in [-0.05, 0) is 24.6 Å². The van der Waals surface area contributed by atoms with Gasteiger partial charge in [-0.25, -0.2) is 0 Å². The summed E-state index contributed by atoms with van der Waals surface area (Å²) in [4.78, 5) is 0. The van der Waals surface area contributed by atoms with E-state index >= 15 is 0 Å². The van der Waals surface area contributed by atoms with Gasteiger partial charge in [0.1, 0.15) is 12.4 Å². The van der Waals surface area contributed by atoms with Crippen molar-refractivity contribution in [2.45, 2.75) is 19.4 Å². The maximum absolute atomic E-state index is 9.27. The molecule has 0 aliphatic carbocycles. The van der Waals surface area contributed by atoms with Gasteiger partial charge in [0.2, 0.25) is 0 Å². The molecule has 0 heterocycles. The van der Waals surface area contributed by atoms with E-state index < -0.39 is 6.10 Å². The van der Waals surface area contributed by atoms with E-state index in [1.54, 1.807) is 18.2 Å². The molecule has 1 aromatic rings. The van der Waals surface area contributed by atoms with Crippen LogP contribution in [0.15, 0.2) is 18.2 Å². The molecule has 14 heavy (non-hydrogen) atoms. The lowest BCUT2D eigenvalue weighted by atomic mass is 10.3. The Hall–Kier alpha value is -0.440. The van der Waals surface area contributed by atoms with E-state index in [2.05, 4.69) is 0 Å². The molecule has 1 unspecified atom stereocenters. The predicted molar refractivity (Wildman–Crippen MR) is 58.3 cm³/mol. The molecule has 0 saturated heterocycles. The number of rotatable bonds is 4. The van der Waals surface area contributed by atoms with Crippen LogP contribution in [0.1, 0.15) is 13.3 Å². The second-order valence-corrected chi connectivity index (χ2v) is 3.85. The van der Waals surface area contributed by atoms with Crippen LogP contribution in [0.2, 0.25) is 10.0 Å². The second kappa shape index (κ2) is 5.44. The van der Waals surface area contributed by atoms with Crippen LogP contribution in [0.4, 0.5) is 0 Å². The van der Waals surface area contributed by atoms with Crippen molar-refractivity contribution in [1.82, 2.24) is 0 Å². The van der Waals surface area contributed by atoms with Crippen molar-refractivity contribution in [3.05, 3.63) is 28.2 Å². The zero-order chi connectivity index (χ0) is 10.6. The Balaban J connectivity index is 2.58. The normalized spacial score (nSPS) is 12.6. The Morgan fingerprint density at radius 1 is 1.29 bits per heavy atom. The zero-order valence-corrected chi connectivity index (χ0v) is 9.35. The summed E-state index contributed by atoms with van der Waals surface area (Å²) in [6, 6.07) is 4.96. The number of aliphatic hydroxyl groups excluding tert-OH is 1. The largest absolute Gasteiger partial charge is 0.491 e. The Bertz CT molecular complexity index is 282. The van der Waals surface area contributed by atoms with E-state index in [1.165, 1.54) is 0 Å². The van der Waals surface area contributed by atoms with E-state index in [0.717, 1.165) is 0 Å². The van der Waals surface area contributed by atoms with Crippen LogP contribution >= 0.6 is 23.2 Å². The molecule has 0 amide bonds. The molecule has 0 aromatic heterocycles. The van der Waals surface area contributed by atoms with Gasteiger partial charge in [0.25, 0.3) is 0 Å². The van der Waals surface area contributed by atoms with Crippen molar-refractivity contribution >= 4 is 23.2 Å². The SMILES string of the molecule is CCC(O)COc1cc(Cl)cc(Cl)c1. The fraction of sp³-hybridized carbons (Fsp3) is 0.400.